The molecule has 1 heterocycles. The highest BCUT2D eigenvalue weighted by Crippen LogP contribution is 2.34. The van der Waals surface area contributed by atoms with Gasteiger partial charge in [0.05, 0.1) is 0 Å². The van der Waals surface area contributed by atoms with Gasteiger partial charge in [0.1, 0.15) is 5.03 Å². The lowest BCUT2D eigenvalue weighted by molar-refractivity contribution is 0.921. The Morgan fingerprint density at radius 1 is 1.42 bits per heavy atom. The topological polar surface area (TPSA) is 25.8 Å². The van der Waals surface area contributed by atoms with Crippen LogP contribution in [0.5, 0.6) is 0 Å². The van der Waals surface area contributed by atoms with E-state index >= 15 is 0 Å². The van der Waals surface area contributed by atoms with E-state index in [0.717, 1.165) is 10.9 Å². The molecule has 1 fully saturated rings. The predicted octanol–water partition coefficient (Wildman–Crippen LogP) is 2.63. The highest BCUT2D eigenvalue weighted by Gasteiger charge is 2.21. The maximum Gasteiger partial charge on any atom is 0.151 e. The highest BCUT2D eigenvalue weighted by molar-refractivity contribution is 7.99. The summed E-state index contributed by atoms with van der Waals surface area (Å²) >= 11 is 7.37. The Hall–Kier alpha value is -0.280. The first kappa shape index (κ1) is 8.32. The Labute approximate surface area is 80.7 Å². The molecule has 1 saturated carbocycles. The number of thioether (sulfide) groups is 1. The van der Waals surface area contributed by atoms with E-state index in [0.29, 0.717) is 5.15 Å². The Balaban J connectivity index is 1.89. The first-order chi connectivity index (χ1) is 5.84. The van der Waals surface area contributed by atoms with E-state index in [1.165, 1.54) is 18.6 Å². The second-order valence-electron chi connectivity index (χ2n) is 2.95. The van der Waals surface area contributed by atoms with Crippen LogP contribution < -0.4 is 0 Å². The molecule has 0 spiro atoms. The second-order valence-corrected chi connectivity index (χ2v) is 4.38. The molecule has 4 heteroatoms. The van der Waals surface area contributed by atoms with Crippen molar-refractivity contribution in [2.45, 2.75) is 17.9 Å². The third-order valence-electron chi connectivity index (χ3n) is 1.77. The van der Waals surface area contributed by atoms with Gasteiger partial charge in [0.15, 0.2) is 5.15 Å². The molecule has 0 unspecified atom stereocenters. The fourth-order valence-corrected chi connectivity index (χ4v) is 1.97. The third-order valence-corrected chi connectivity index (χ3v) is 3.12. The molecule has 0 N–H and O–H groups in total. The van der Waals surface area contributed by atoms with Crippen LogP contribution in [-0.2, 0) is 0 Å². The Bertz CT molecular complexity index is 258. The van der Waals surface area contributed by atoms with E-state index in [1.807, 2.05) is 6.07 Å². The molecule has 0 atom stereocenters. The average Bonchev–Trinajstić information content (AvgIpc) is 2.87. The van der Waals surface area contributed by atoms with Gasteiger partial charge in [-0.05, 0) is 30.9 Å². The number of aromatic nitrogens is 2. The van der Waals surface area contributed by atoms with Gasteiger partial charge >= 0.3 is 0 Å². The summed E-state index contributed by atoms with van der Waals surface area (Å²) in [4.78, 5) is 0. The van der Waals surface area contributed by atoms with Gasteiger partial charge in [-0.25, -0.2) is 0 Å². The molecule has 2 rings (SSSR count). The maximum absolute atomic E-state index is 5.60. The summed E-state index contributed by atoms with van der Waals surface area (Å²) in [6.45, 7) is 0. The lowest BCUT2D eigenvalue weighted by Gasteiger charge is -1.96. The van der Waals surface area contributed by atoms with Crippen molar-refractivity contribution in [1.82, 2.24) is 10.2 Å². The third kappa shape index (κ3) is 2.35. The molecule has 0 radical (unpaired) electrons. The minimum Gasteiger partial charge on any atom is -0.143 e. The molecule has 0 aromatic carbocycles. The molecule has 1 aliphatic rings. The van der Waals surface area contributed by atoms with E-state index in [9.17, 15) is 0 Å². The number of hydrogen-bond acceptors (Lipinski definition) is 3. The van der Waals surface area contributed by atoms with Crippen molar-refractivity contribution in [3.05, 3.63) is 17.3 Å². The maximum atomic E-state index is 5.60. The van der Waals surface area contributed by atoms with E-state index in [-0.39, 0.29) is 0 Å². The smallest absolute Gasteiger partial charge is 0.143 e. The quantitative estimate of drug-likeness (QED) is 0.702. The van der Waals surface area contributed by atoms with Crippen molar-refractivity contribution in [2.24, 2.45) is 5.92 Å². The molecule has 64 valence electrons. The normalized spacial score (nSPS) is 16.4. The highest BCUT2D eigenvalue weighted by atomic mass is 35.5. The van der Waals surface area contributed by atoms with Crippen molar-refractivity contribution in [1.29, 1.82) is 0 Å². The molecule has 0 bridgehead atoms. The fraction of sp³-hybridized carbons (Fsp3) is 0.500. The number of rotatable bonds is 3. The molecule has 12 heavy (non-hydrogen) atoms. The zero-order valence-electron chi connectivity index (χ0n) is 6.53. The van der Waals surface area contributed by atoms with Crippen LogP contribution in [0, 0.1) is 5.92 Å². The summed E-state index contributed by atoms with van der Waals surface area (Å²) < 4.78 is 0. The number of hydrogen-bond donors (Lipinski definition) is 0. The van der Waals surface area contributed by atoms with Gasteiger partial charge in [0, 0.05) is 5.75 Å². The molecule has 0 amide bonds. The molecular formula is C8H9ClN2S. The molecule has 1 aliphatic carbocycles. The van der Waals surface area contributed by atoms with Crippen molar-refractivity contribution >= 4 is 23.4 Å². The molecule has 0 saturated heterocycles. The summed E-state index contributed by atoms with van der Waals surface area (Å²) in [6, 6.07) is 3.70. The largest absolute Gasteiger partial charge is 0.151 e. The summed E-state index contributed by atoms with van der Waals surface area (Å²) in [6.07, 6.45) is 2.77. The standard InChI is InChI=1S/C8H9ClN2S/c9-7-3-4-8(11-10-7)12-5-6-1-2-6/h3-4,6H,1-2,5H2. The summed E-state index contributed by atoms with van der Waals surface area (Å²) in [5.74, 6) is 2.10. The van der Waals surface area contributed by atoms with Crippen LogP contribution in [0.1, 0.15) is 12.8 Å². The van der Waals surface area contributed by atoms with E-state index in [1.54, 1.807) is 17.8 Å². The monoisotopic (exact) mass is 200 g/mol. The van der Waals surface area contributed by atoms with Crippen LogP contribution in [0.15, 0.2) is 17.2 Å². The first-order valence-corrected chi connectivity index (χ1v) is 5.33. The minimum atomic E-state index is 0.464. The van der Waals surface area contributed by atoms with E-state index in [4.69, 9.17) is 11.6 Å². The molecular weight excluding hydrogens is 192 g/mol. The van der Waals surface area contributed by atoms with Gasteiger partial charge in [-0.1, -0.05) is 11.6 Å². The summed E-state index contributed by atoms with van der Waals surface area (Å²) in [7, 11) is 0. The lowest BCUT2D eigenvalue weighted by Crippen LogP contribution is -1.87. The zero-order valence-corrected chi connectivity index (χ0v) is 8.11. The zero-order chi connectivity index (χ0) is 8.39. The predicted molar refractivity (Wildman–Crippen MR) is 50.5 cm³/mol. The minimum absolute atomic E-state index is 0.464. The van der Waals surface area contributed by atoms with Crippen LogP contribution in [0.2, 0.25) is 5.15 Å². The molecule has 0 aliphatic heterocycles. The van der Waals surface area contributed by atoms with Crippen LogP contribution in [-0.4, -0.2) is 16.0 Å². The fourth-order valence-electron chi connectivity index (χ4n) is 0.868. The molecule has 1 aromatic heterocycles. The van der Waals surface area contributed by atoms with Crippen molar-refractivity contribution in [3.8, 4) is 0 Å². The molecule has 2 nitrogen and oxygen atoms in total. The molecule has 1 aromatic rings. The number of halogens is 1. The van der Waals surface area contributed by atoms with E-state index < -0.39 is 0 Å². The Kier molecular flexibility index (Phi) is 2.51. The Morgan fingerprint density at radius 2 is 2.25 bits per heavy atom. The summed E-state index contributed by atoms with van der Waals surface area (Å²) in [5, 5.41) is 9.17. The van der Waals surface area contributed by atoms with Crippen LogP contribution in [0.25, 0.3) is 0 Å². The van der Waals surface area contributed by atoms with Gasteiger partial charge in [0.2, 0.25) is 0 Å². The SMILES string of the molecule is Clc1ccc(SCC2CC2)nn1. The van der Waals surface area contributed by atoms with Crippen LogP contribution in [0.3, 0.4) is 0 Å². The van der Waals surface area contributed by atoms with Gasteiger partial charge in [-0.3, -0.25) is 0 Å². The summed E-state index contributed by atoms with van der Waals surface area (Å²) in [5.41, 5.74) is 0. The van der Waals surface area contributed by atoms with Gasteiger partial charge < -0.3 is 0 Å². The Morgan fingerprint density at radius 3 is 2.83 bits per heavy atom. The van der Waals surface area contributed by atoms with Crippen molar-refractivity contribution < 1.29 is 0 Å². The second kappa shape index (κ2) is 3.62. The van der Waals surface area contributed by atoms with Gasteiger partial charge in [0.25, 0.3) is 0 Å². The number of nitrogens with zero attached hydrogens (tertiary/aromatic N) is 2. The first-order valence-electron chi connectivity index (χ1n) is 3.96. The van der Waals surface area contributed by atoms with Gasteiger partial charge in [-0.2, -0.15) is 0 Å². The van der Waals surface area contributed by atoms with E-state index in [2.05, 4.69) is 10.2 Å². The van der Waals surface area contributed by atoms with Crippen LogP contribution >= 0.6 is 23.4 Å². The average molecular weight is 201 g/mol. The van der Waals surface area contributed by atoms with Gasteiger partial charge in [-0.15, -0.1) is 22.0 Å². The van der Waals surface area contributed by atoms with Crippen molar-refractivity contribution in [3.63, 3.8) is 0 Å². The lowest BCUT2D eigenvalue weighted by atomic mass is 10.5. The van der Waals surface area contributed by atoms with Crippen molar-refractivity contribution in [2.75, 3.05) is 5.75 Å². The van der Waals surface area contributed by atoms with Crippen LogP contribution in [0.4, 0.5) is 0 Å².